The highest BCUT2D eigenvalue weighted by Gasteiger charge is 2.38. The predicted molar refractivity (Wildman–Crippen MR) is 68.1 cm³/mol. The van der Waals surface area contributed by atoms with Crippen LogP contribution in [0.5, 0.6) is 0 Å². The number of piperazine rings is 2. The molecule has 3 heterocycles. The van der Waals surface area contributed by atoms with Crippen LogP contribution in [0.25, 0.3) is 0 Å². The van der Waals surface area contributed by atoms with Gasteiger partial charge in [-0.1, -0.05) is 6.07 Å². The zero-order valence-corrected chi connectivity index (χ0v) is 10.7. The number of carbonyl (C=O) groups excluding carboxylic acids is 1. The molecule has 5 heteroatoms. The van der Waals surface area contributed by atoms with E-state index in [0.717, 1.165) is 19.6 Å². The fraction of sp³-hybridized carbons (Fsp3) is 0.583. The predicted octanol–water partition coefficient (Wildman–Crippen LogP) is 0.535. The number of thiophene rings is 1. The zero-order valence-electron chi connectivity index (χ0n) is 9.93. The monoisotopic (exact) mass is 251 g/mol. The van der Waals surface area contributed by atoms with Crippen LogP contribution >= 0.6 is 11.3 Å². The second-order valence-corrected chi connectivity index (χ2v) is 5.77. The van der Waals surface area contributed by atoms with Gasteiger partial charge in [-0.15, -0.1) is 11.3 Å². The van der Waals surface area contributed by atoms with E-state index in [0.29, 0.717) is 18.6 Å². The van der Waals surface area contributed by atoms with Crippen LogP contribution in [0.2, 0.25) is 0 Å². The van der Waals surface area contributed by atoms with Crippen LogP contribution in [-0.2, 0) is 4.79 Å². The number of carbonyl (C=O) groups is 1. The lowest BCUT2D eigenvalue weighted by Gasteiger charge is -2.46. The number of amides is 1. The van der Waals surface area contributed by atoms with Gasteiger partial charge in [-0.05, 0) is 11.4 Å². The van der Waals surface area contributed by atoms with Crippen LogP contribution in [0.1, 0.15) is 10.9 Å². The van der Waals surface area contributed by atoms with E-state index in [1.54, 1.807) is 11.3 Å². The summed E-state index contributed by atoms with van der Waals surface area (Å²) < 4.78 is 0. The Hall–Kier alpha value is -0.910. The highest BCUT2D eigenvalue weighted by molar-refractivity contribution is 7.10. The Bertz CT molecular complexity index is 406. The summed E-state index contributed by atoms with van der Waals surface area (Å²) in [4.78, 5) is 17.4. The fourth-order valence-electron chi connectivity index (χ4n) is 2.72. The third kappa shape index (κ3) is 1.99. The highest BCUT2D eigenvalue weighted by atomic mass is 32.1. The van der Waals surface area contributed by atoms with Crippen molar-refractivity contribution in [3.8, 4) is 0 Å². The molecule has 1 aromatic heterocycles. The second kappa shape index (κ2) is 4.40. The molecule has 1 amide bonds. The molecule has 2 unspecified atom stereocenters. The number of hydrogen-bond acceptors (Lipinski definition) is 4. The summed E-state index contributed by atoms with van der Waals surface area (Å²) in [5.41, 5.74) is 0. The second-order valence-electron chi connectivity index (χ2n) is 4.79. The van der Waals surface area contributed by atoms with Crippen molar-refractivity contribution in [2.45, 2.75) is 12.1 Å². The SMILES string of the molecule is CN1CC2CNCC(c3cccs3)N2CC1=O. The van der Waals surface area contributed by atoms with Gasteiger partial charge in [0.1, 0.15) is 0 Å². The Balaban J connectivity index is 1.84. The third-order valence-corrected chi connectivity index (χ3v) is 4.66. The topological polar surface area (TPSA) is 35.6 Å². The molecule has 0 saturated carbocycles. The molecule has 2 saturated heterocycles. The molecule has 17 heavy (non-hydrogen) atoms. The molecule has 2 aliphatic rings. The van der Waals surface area contributed by atoms with Crippen molar-refractivity contribution in [3.05, 3.63) is 22.4 Å². The summed E-state index contributed by atoms with van der Waals surface area (Å²) in [5.74, 6) is 0.240. The molecule has 0 spiro atoms. The van der Waals surface area contributed by atoms with Gasteiger partial charge in [0.2, 0.25) is 5.91 Å². The lowest BCUT2D eigenvalue weighted by molar-refractivity contribution is -0.139. The summed E-state index contributed by atoms with van der Waals surface area (Å²) >= 11 is 1.78. The van der Waals surface area contributed by atoms with Crippen LogP contribution in [-0.4, -0.2) is 55.0 Å². The quantitative estimate of drug-likeness (QED) is 0.791. The maximum absolute atomic E-state index is 11.8. The summed E-state index contributed by atoms with van der Waals surface area (Å²) in [6, 6.07) is 5.08. The minimum Gasteiger partial charge on any atom is -0.343 e. The molecule has 2 aliphatic heterocycles. The van der Waals surface area contributed by atoms with E-state index in [2.05, 4.69) is 27.7 Å². The first-order valence-corrected chi connectivity index (χ1v) is 6.87. The van der Waals surface area contributed by atoms with E-state index in [1.807, 2.05) is 11.9 Å². The number of likely N-dealkylation sites (N-methyl/N-ethyl adjacent to an activating group) is 1. The Morgan fingerprint density at radius 3 is 3.12 bits per heavy atom. The van der Waals surface area contributed by atoms with Gasteiger partial charge in [-0.2, -0.15) is 0 Å². The van der Waals surface area contributed by atoms with Crippen molar-refractivity contribution >= 4 is 17.2 Å². The molecule has 0 aliphatic carbocycles. The lowest BCUT2D eigenvalue weighted by atomic mass is 10.0. The number of nitrogens with one attached hydrogen (secondary N) is 1. The van der Waals surface area contributed by atoms with Crippen molar-refractivity contribution in [2.24, 2.45) is 0 Å². The van der Waals surface area contributed by atoms with Gasteiger partial charge in [0.15, 0.2) is 0 Å². The zero-order chi connectivity index (χ0) is 11.8. The first-order valence-electron chi connectivity index (χ1n) is 5.99. The van der Waals surface area contributed by atoms with Gasteiger partial charge in [-0.3, -0.25) is 9.69 Å². The molecular formula is C12H17N3OS. The number of hydrogen-bond donors (Lipinski definition) is 1. The largest absolute Gasteiger partial charge is 0.343 e. The third-order valence-electron chi connectivity index (χ3n) is 3.69. The Morgan fingerprint density at radius 1 is 1.47 bits per heavy atom. The van der Waals surface area contributed by atoms with Crippen LogP contribution in [0.3, 0.4) is 0 Å². The first-order chi connectivity index (χ1) is 8.25. The Morgan fingerprint density at radius 2 is 2.35 bits per heavy atom. The normalized spacial score (nSPS) is 30.4. The Kier molecular flexibility index (Phi) is 2.90. The smallest absolute Gasteiger partial charge is 0.236 e. The van der Waals surface area contributed by atoms with Crippen molar-refractivity contribution in [2.75, 3.05) is 33.2 Å². The van der Waals surface area contributed by atoms with Gasteiger partial charge < -0.3 is 10.2 Å². The molecule has 0 aromatic carbocycles. The van der Waals surface area contributed by atoms with Crippen molar-refractivity contribution in [1.82, 2.24) is 15.1 Å². The van der Waals surface area contributed by atoms with Gasteiger partial charge in [0.25, 0.3) is 0 Å². The molecular weight excluding hydrogens is 234 g/mol. The molecule has 1 N–H and O–H groups in total. The van der Waals surface area contributed by atoms with Crippen LogP contribution in [0.15, 0.2) is 17.5 Å². The number of fused-ring (bicyclic) bond motifs is 1. The maximum Gasteiger partial charge on any atom is 0.236 e. The van der Waals surface area contributed by atoms with E-state index in [-0.39, 0.29) is 5.91 Å². The molecule has 2 fully saturated rings. The van der Waals surface area contributed by atoms with Crippen molar-refractivity contribution in [1.29, 1.82) is 0 Å². The van der Waals surface area contributed by atoms with Crippen molar-refractivity contribution in [3.63, 3.8) is 0 Å². The van der Waals surface area contributed by atoms with E-state index in [4.69, 9.17) is 0 Å². The fourth-order valence-corrected chi connectivity index (χ4v) is 3.57. The Labute approximate surface area is 105 Å². The first kappa shape index (κ1) is 11.2. The molecule has 4 nitrogen and oxygen atoms in total. The van der Waals surface area contributed by atoms with Gasteiger partial charge in [0, 0.05) is 37.6 Å². The molecule has 92 valence electrons. The lowest BCUT2D eigenvalue weighted by Crippen LogP contribution is -2.63. The molecule has 0 bridgehead atoms. The average Bonchev–Trinajstić information content (AvgIpc) is 2.83. The van der Waals surface area contributed by atoms with Crippen LogP contribution in [0.4, 0.5) is 0 Å². The summed E-state index contributed by atoms with van der Waals surface area (Å²) in [7, 11) is 1.90. The van der Waals surface area contributed by atoms with Crippen LogP contribution in [0, 0.1) is 0 Å². The summed E-state index contributed by atoms with van der Waals surface area (Å²) in [6.45, 7) is 3.34. The average molecular weight is 251 g/mol. The van der Waals surface area contributed by atoms with E-state index in [9.17, 15) is 4.79 Å². The van der Waals surface area contributed by atoms with E-state index in [1.165, 1.54) is 4.88 Å². The standard InChI is InChI=1S/C12H17N3OS/c1-14-7-9-5-13-6-10(11-3-2-4-17-11)15(9)8-12(14)16/h2-4,9-10,13H,5-8H2,1H3. The number of rotatable bonds is 1. The molecule has 3 rings (SSSR count). The van der Waals surface area contributed by atoms with E-state index < -0.39 is 0 Å². The summed E-state index contributed by atoms with van der Waals surface area (Å²) in [6.07, 6.45) is 0. The van der Waals surface area contributed by atoms with Crippen molar-refractivity contribution < 1.29 is 4.79 Å². The molecule has 2 atom stereocenters. The summed E-state index contributed by atoms with van der Waals surface area (Å²) in [5, 5.41) is 5.59. The van der Waals surface area contributed by atoms with Gasteiger partial charge in [-0.25, -0.2) is 0 Å². The minimum atomic E-state index is 0.240. The van der Waals surface area contributed by atoms with Gasteiger partial charge >= 0.3 is 0 Å². The molecule has 1 aromatic rings. The highest BCUT2D eigenvalue weighted by Crippen LogP contribution is 2.30. The van der Waals surface area contributed by atoms with E-state index >= 15 is 0 Å². The number of nitrogens with zero attached hydrogens (tertiary/aromatic N) is 2. The minimum absolute atomic E-state index is 0.240. The van der Waals surface area contributed by atoms with Gasteiger partial charge in [0.05, 0.1) is 12.6 Å². The molecule has 0 radical (unpaired) electrons. The van der Waals surface area contributed by atoms with Crippen LogP contribution < -0.4 is 5.32 Å². The maximum atomic E-state index is 11.8.